The highest BCUT2D eigenvalue weighted by atomic mass is 32.2. The Morgan fingerprint density at radius 2 is 1.64 bits per heavy atom. The van der Waals surface area contributed by atoms with Gasteiger partial charge >= 0.3 is 5.51 Å². The van der Waals surface area contributed by atoms with Crippen LogP contribution in [-0.4, -0.2) is 53.5 Å². The first-order chi connectivity index (χ1) is 9.96. The lowest BCUT2D eigenvalue weighted by molar-refractivity contribution is -0.220. The molecule has 0 N–H and O–H groups in total. The first-order valence-corrected chi connectivity index (χ1v) is 7.91. The molecule has 3 fully saturated rings. The van der Waals surface area contributed by atoms with E-state index >= 15 is 0 Å². The van der Waals surface area contributed by atoms with Gasteiger partial charge in [0, 0.05) is 0 Å². The largest absolute Gasteiger partial charge is 0.442 e. The van der Waals surface area contributed by atoms with E-state index in [4.69, 9.17) is 23.7 Å². The minimum Gasteiger partial charge on any atom is -0.348 e. The SMILES string of the molecule is CC1(C)O[C@H]2O[C@H]([C@H]3COC(C)(C)O3)[C@@H](SC(F)(F)F)[C@H]2O1. The second-order valence-corrected chi connectivity index (χ2v) is 7.71. The van der Waals surface area contributed by atoms with Gasteiger partial charge in [0.05, 0.1) is 11.9 Å². The van der Waals surface area contributed by atoms with Crippen molar-refractivity contribution >= 4 is 11.8 Å². The van der Waals surface area contributed by atoms with Crippen LogP contribution in [0.4, 0.5) is 13.2 Å². The fourth-order valence-corrected chi connectivity index (χ4v) is 3.97. The highest BCUT2D eigenvalue weighted by molar-refractivity contribution is 8.00. The Morgan fingerprint density at radius 3 is 2.18 bits per heavy atom. The number of hydrogen-bond acceptors (Lipinski definition) is 6. The van der Waals surface area contributed by atoms with Crippen LogP contribution in [0.15, 0.2) is 0 Å². The summed E-state index contributed by atoms with van der Waals surface area (Å²) in [6, 6.07) is 0. The number of fused-ring (bicyclic) bond motifs is 1. The van der Waals surface area contributed by atoms with Crippen LogP contribution in [0, 0.1) is 0 Å². The molecule has 3 heterocycles. The lowest BCUT2D eigenvalue weighted by Crippen LogP contribution is -2.42. The molecule has 3 saturated heterocycles. The molecule has 5 nitrogen and oxygen atoms in total. The molecule has 0 spiro atoms. The van der Waals surface area contributed by atoms with Crippen LogP contribution in [0.5, 0.6) is 0 Å². The van der Waals surface area contributed by atoms with Crippen LogP contribution in [0.1, 0.15) is 27.7 Å². The topological polar surface area (TPSA) is 46.2 Å². The molecule has 3 rings (SSSR count). The van der Waals surface area contributed by atoms with E-state index in [2.05, 4.69) is 0 Å². The first kappa shape index (κ1) is 16.8. The summed E-state index contributed by atoms with van der Waals surface area (Å²) in [6.45, 7) is 6.90. The molecule has 0 aliphatic carbocycles. The maximum Gasteiger partial charge on any atom is 0.442 e. The van der Waals surface area contributed by atoms with Crippen molar-refractivity contribution in [2.75, 3.05) is 6.61 Å². The highest BCUT2D eigenvalue weighted by Gasteiger charge is 2.60. The lowest BCUT2D eigenvalue weighted by atomic mass is 10.1. The fourth-order valence-electron chi connectivity index (χ4n) is 2.97. The van der Waals surface area contributed by atoms with E-state index < -0.39 is 46.9 Å². The molecule has 0 aromatic heterocycles. The van der Waals surface area contributed by atoms with Gasteiger partial charge in [0.1, 0.15) is 18.3 Å². The molecular formula is C13H19F3O5S. The molecule has 22 heavy (non-hydrogen) atoms. The third kappa shape index (κ3) is 3.39. The maximum absolute atomic E-state index is 12.9. The summed E-state index contributed by atoms with van der Waals surface area (Å²) >= 11 is -0.129. The summed E-state index contributed by atoms with van der Waals surface area (Å²) in [6.07, 6.45) is -3.01. The standard InChI is InChI=1S/C13H19F3O5S/c1-11(2)17-5-6(19-11)7-9(22-13(14,15)16)8-10(18-7)21-12(3,4)20-8/h6-10H,5H2,1-4H3/t6-,7-,8-,9-,10-/m1/s1. The molecule has 0 radical (unpaired) electrons. The fraction of sp³-hybridized carbons (Fsp3) is 1.00. The Balaban J connectivity index is 1.78. The van der Waals surface area contributed by atoms with Crippen molar-refractivity contribution in [1.29, 1.82) is 0 Å². The number of hydrogen-bond donors (Lipinski definition) is 0. The van der Waals surface area contributed by atoms with Crippen molar-refractivity contribution in [3.8, 4) is 0 Å². The molecule has 3 aliphatic rings. The minimum absolute atomic E-state index is 0.129. The summed E-state index contributed by atoms with van der Waals surface area (Å²) in [7, 11) is 0. The molecule has 128 valence electrons. The van der Waals surface area contributed by atoms with Gasteiger partial charge < -0.3 is 23.7 Å². The van der Waals surface area contributed by atoms with Crippen LogP contribution >= 0.6 is 11.8 Å². The molecular weight excluding hydrogens is 325 g/mol. The average Bonchev–Trinajstić information content (AvgIpc) is 2.89. The van der Waals surface area contributed by atoms with Crippen LogP contribution in [0.25, 0.3) is 0 Å². The van der Waals surface area contributed by atoms with Gasteiger partial charge in [-0.3, -0.25) is 0 Å². The molecule has 0 saturated carbocycles. The van der Waals surface area contributed by atoms with Gasteiger partial charge in [-0.2, -0.15) is 13.2 Å². The molecule has 0 unspecified atom stereocenters. The lowest BCUT2D eigenvalue weighted by Gasteiger charge is -2.29. The Labute approximate surface area is 130 Å². The van der Waals surface area contributed by atoms with Crippen molar-refractivity contribution < 1.29 is 36.9 Å². The summed E-state index contributed by atoms with van der Waals surface area (Å²) < 4.78 is 66.6. The molecule has 5 atom stereocenters. The molecule has 0 amide bonds. The number of thioether (sulfide) groups is 1. The average molecular weight is 344 g/mol. The monoisotopic (exact) mass is 344 g/mol. The van der Waals surface area contributed by atoms with E-state index in [1.807, 2.05) is 0 Å². The number of rotatable bonds is 2. The van der Waals surface area contributed by atoms with Gasteiger partial charge in [0.25, 0.3) is 0 Å². The number of halogens is 3. The van der Waals surface area contributed by atoms with Gasteiger partial charge in [-0.05, 0) is 39.5 Å². The van der Waals surface area contributed by atoms with E-state index in [-0.39, 0.29) is 18.4 Å². The van der Waals surface area contributed by atoms with Crippen molar-refractivity contribution in [2.45, 2.75) is 74.6 Å². The van der Waals surface area contributed by atoms with Crippen molar-refractivity contribution in [3.63, 3.8) is 0 Å². The zero-order valence-electron chi connectivity index (χ0n) is 12.7. The molecule has 0 aromatic rings. The third-order valence-electron chi connectivity index (χ3n) is 3.69. The summed E-state index contributed by atoms with van der Waals surface area (Å²) in [5.74, 6) is -1.79. The second kappa shape index (κ2) is 5.22. The number of alkyl halides is 3. The molecule has 0 aromatic carbocycles. The van der Waals surface area contributed by atoms with Gasteiger partial charge in [0.2, 0.25) is 0 Å². The van der Waals surface area contributed by atoms with Crippen LogP contribution in [0.3, 0.4) is 0 Å². The third-order valence-corrected chi connectivity index (χ3v) is 4.77. The molecule has 9 heteroatoms. The highest BCUT2D eigenvalue weighted by Crippen LogP contribution is 2.49. The predicted octanol–water partition coefficient (Wildman–Crippen LogP) is 2.64. The van der Waals surface area contributed by atoms with E-state index in [1.165, 1.54) is 0 Å². The van der Waals surface area contributed by atoms with E-state index in [0.717, 1.165) is 0 Å². The van der Waals surface area contributed by atoms with Crippen LogP contribution < -0.4 is 0 Å². The van der Waals surface area contributed by atoms with Crippen molar-refractivity contribution in [1.82, 2.24) is 0 Å². The van der Waals surface area contributed by atoms with Crippen LogP contribution in [-0.2, 0) is 23.7 Å². The minimum atomic E-state index is -4.40. The normalized spacial score (nSPS) is 43.5. The van der Waals surface area contributed by atoms with Crippen LogP contribution in [0.2, 0.25) is 0 Å². The smallest absolute Gasteiger partial charge is 0.348 e. The Morgan fingerprint density at radius 1 is 0.955 bits per heavy atom. The van der Waals surface area contributed by atoms with Crippen molar-refractivity contribution in [3.05, 3.63) is 0 Å². The van der Waals surface area contributed by atoms with E-state index in [0.29, 0.717) is 0 Å². The van der Waals surface area contributed by atoms with Crippen molar-refractivity contribution in [2.24, 2.45) is 0 Å². The maximum atomic E-state index is 12.9. The van der Waals surface area contributed by atoms with Gasteiger partial charge in [-0.15, -0.1) is 0 Å². The van der Waals surface area contributed by atoms with Gasteiger partial charge in [-0.1, -0.05) is 0 Å². The number of ether oxygens (including phenoxy) is 5. The Hall–Kier alpha value is -0.0600. The zero-order chi connectivity index (χ0) is 16.3. The Bertz CT molecular complexity index is 442. The predicted molar refractivity (Wildman–Crippen MR) is 71.0 cm³/mol. The molecule has 0 bridgehead atoms. The first-order valence-electron chi connectivity index (χ1n) is 7.03. The zero-order valence-corrected chi connectivity index (χ0v) is 13.5. The van der Waals surface area contributed by atoms with E-state index in [1.54, 1.807) is 27.7 Å². The molecule has 3 aliphatic heterocycles. The summed E-state index contributed by atoms with van der Waals surface area (Å²) in [4.78, 5) is 0. The van der Waals surface area contributed by atoms with Gasteiger partial charge in [-0.25, -0.2) is 0 Å². The Kier molecular flexibility index (Phi) is 3.98. The second-order valence-electron chi connectivity index (χ2n) is 6.46. The van der Waals surface area contributed by atoms with E-state index in [9.17, 15) is 13.2 Å². The summed E-state index contributed by atoms with van der Waals surface area (Å²) in [5.41, 5.74) is -4.40. The quantitative estimate of drug-likeness (QED) is 0.767. The van der Waals surface area contributed by atoms with Gasteiger partial charge in [0.15, 0.2) is 17.9 Å². The summed E-state index contributed by atoms with van der Waals surface area (Å²) in [5, 5.41) is -0.964.